The number of carbonyl (C=O) groups is 1. The second-order valence-electron chi connectivity index (χ2n) is 7.67. The van der Waals surface area contributed by atoms with E-state index in [0.717, 1.165) is 12.8 Å². The summed E-state index contributed by atoms with van der Waals surface area (Å²) >= 11 is 3.30. The minimum atomic E-state index is -0.596. The highest BCUT2D eigenvalue weighted by Crippen LogP contribution is 2.24. The fraction of sp³-hybridized carbons (Fsp3) is 0.474. The number of nitrogens with zero attached hydrogens (tertiary/aromatic N) is 4. The van der Waals surface area contributed by atoms with Crippen molar-refractivity contribution in [2.75, 3.05) is 18.4 Å². The van der Waals surface area contributed by atoms with Crippen LogP contribution in [0.3, 0.4) is 0 Å². The van der Waals surface area contributed by atoms with Crippen molar-refractivity contribution in [2.45, 2.75) is 45.3 Å². The SMILES string of the molecule is CC(C)(C)OC(=O)N1CCCC(Nc2nccc(-c3cc(Br)cnc3F)n2)C1. The third kappa shape index (κ3) is 5.37. The van der Waals surface area contributed by atoms with Crippen molar-refractivity contribution in [3.63, 3.8) is 0 Å². The van der Waals surface area contributed by atoms with Crippen LogP contribution in [0.25, 0.3) is 11.3 Å². The van der Waals surface area contributed by atoms with Crippen LogP contribution in [0.2, 0.25) is 0 Å². The van der Waals surface area contributed by atoms with Crippen LogP contribution in [0, 0.1) is 5.95 Å². The van der Waals surface area contributed by atoms with E-state index in [1.165, 1.54) is 6.20 Å². The third-order valence-electron chi connectivity index (χ3n) is 4.14. The van der Waals surface area contributed by atoms with Gasteiger partial charge in [0.2, 0.25) is 11.9 Å². The van der Waals surface area contributed by atoms with Gasteiger partial charge in [0.05, 0.1) is 11.3 Å². The van der Waals surface area contributed by atoms with Crippen LogP contribution in [-0.4, -0.2) is 50.7 Å². The summed E-state index contributed by atoms with van der Waals surface area (Å²) in [6, 6.07) is 3.24. The highest BCUT2D eigenvalue weighted by Gasteiger charge is 2.28. The Kier molecular flexibility index (Phi) is 6.12. The van der Waals surface area contributed by atoms with Crippen LogP contribution in [0.5, 0.6) is 0 Å². The Hall–Kier alpha value is -2.29. The number of nitrogens with one attached hydrogen (secondary N) is 1. The summed E-state index contributed by atoms with van der Waals surface area (Å²) in [5.74, 6) is -0.213. The number of piperidine rings is 1. The number of pyridine rings is 1. The third-order valence-corrected chi connectivity index (χ3v) is 4.58. The molecular formula is C19H23BrFN5O2. The summed E-state index contributed by atoms with van der Waals surface area (Å²) in [5.41, 5.74) is 0.194. The van der Waals surface area contributed by atoms with Gasteiger partial charge in [-0.05, 0) is 61.7 Å². The Morgan fingerprint density at radius 3 is 2.93 bits per heavy atom. The van der Waals surface area contributed by atoms with Gasteiger partial charge in [-0.1, -0.05) is 0 Å². The van der Waals surface area contributed by atoms with Gasteiger partial charge in [0.25, 0.3) is 0 Å². The summed E-state index contributed by atoms with van der Waals surface area (Å²) in [6.07, 6.45) is 4.36. The van der Waals surface area contributed by atoms with Crippen molar-refractivity contribution in [3.8, 4) is 11.3 Å². The first-order valence-corrected chi connectivity index (χ1v) is 9.89. The zero-order chi connectivity index (χ0) is 20.3. The van der Waals surface area contributed by atoms with Crippen molar-refractivity contribution in [2.24, 2.45) is 0 Å². The first-order chi connectivity index (χ1) is 13.2. The van der Waals surface area contributed by atoms with Crippen molar-refractivity contribution in [1.82, 2.24) is 19.9 Å². The predicted octanol–water partition coefficient (Wildman–Crippen LogP) is 4.25. The number of amides is 1. The molecule has 28 heavy (non-hydrogen) atoms. The lowest BCUT2D eigenvalue weighted by Crippen LogP contribution is -2.47. The summed E-state index contributed by atoms with van der Waals surface area (Å²) in [5, 5.41) is 3.25. The molecule has 7 nitrogen and oxygen atoms in total. The smallest absolute Gasteiger partial charge is 0.410 e. The van der Waals surface area contributed by atoms with E-state index in [0.29, 0.717) is 34.8 Å². The monoisotopic (exact) mass is 451 g/mol. The standard InChI is InChI=1S/C19H23BrFN5O2/c1-19(2,3)28-18(27)26-8-4-5-13(11-26)24-17-22-7-6-15(25-17)14-9-12(20)10-23-16(14)21/h6-7,9-10,13H,4-5,8,11H2,1-3H3,(H,22,24,25). The van der Waals surface area contributed by atoms with Gasteiger partial charge in [-0.3, -0.25) is 0 Å². The molecule has 9 heteroatoms. The number of ether oxygens (including phenoxy) is 1. The molecule has 0 bridgehead atoms. The highest BCUT2D eigenvalue weighted by molar-refractivity contribution is 9.10. The first-order valence-electron chi connectivity index (χ1n) is 9.10. The van der Waals surface area contributed by atoms with E-state index >= 15 is 0 Å². The van der Waals surface area contributed by atoms with Gasteiger partial charge in [-0.25, -0.2) is 19.7 Å². The summed E-state index contributed by atoms with van der Waals surface area (Å²) < 4.78 is 20.2. The second kappa shape index (κ2) is 8.38. The molecule has 0 spiro atoms. The Balaban J connectivity index is 1.70. The van der Waals surface area contributed by atoms with E-state index in [9.17, 15) is 9.18 Å². The molecule has 0 aromatic carbocycles. The second-order valence-corrected chi connectivity index (χ2v) is 8.58. The average Bonchev–Trinajstić information content (AvgIpc) is 2.63. The van der Waals surface area contributed by atoms with E-state index in [1.54, 1.807) is 23.2 Å². The van der Waals surface area contributed by atoms with Gasteiger partial charge in [0.15, 0.2) is 0 Å². The van der Waals surface area contributed by atoms with Crippen LogP contribution in [0.4, 0.5) is 15.1 Å². The molecule has 1 N–H and O–H groups in total. The Morgan fingerprint density at radius 2 is 2.18 bits per heavy atom. The normalized spacial score (nSPS) is 17.3. The number of anilines is 1. The molecule has 3 heterocycles. The molecule has 1 amide bonds. The number of hydrogen-bond donors (Lipinski definition) is 1. The molecule has 1 aliphatic rings. The number of aromatic nitrogens is 3. The van der Waals surface area contributed by atoms with Gasteiger partial charge in [-0.15, -0.1) is 0 Å². The van der Waals surface area contributed by atoms with Gasteiger partial charge < -0.3 is 15.0 Å². The van der Waals surface area contributed by atoms with E-state index in [4.69, 9.17) is 4.74 Å². The first kappa shape index (κ1) is 20.4. The molecule has 2 aromatic heterocycles. The molecule has 1 aliphatic heterocycles. The summed E-state index contributed by atoms with van der Waals surface area (Å²) in [4.78, 5) is 26.3. The maximum Gasteiger partial charge on any atom is 0.410 e. The fourth-order valence-electron chi connectivity index (χ4n) is 2.95. The average molecular weight is 452 g/mol. The number of hydrogen-bond acceptors (Lipinski definition) is 6. The number of likely N-dealkylation sites (tertiary alicyclic amines) is 1. The van der Waals surface area contributed by atoms with E-state index in [2.05, 4.69) is 36.2 Å². The van der Waals surface area contributed by atoms with Gasteiger partial charge >= 0.3 is 6.09 Å². The number of carbonyl (C=O) groups excluding carboxylic acids is 1. The lowest BCUT2D eigenvalue weighted by atomic mass is 10.1. The Labute approximate surface area is 171 Å². The van der Waals surface area contributed by atoms with Gasteiger partial charge in [0.1, 0.15) is 5.60 Å². The zero-order valence-corrected chi connectivity index (χ0v) is 17.7. The van der Waals surface area contributed by atoms with E-state index < -0.39 is 11.5 Å². The Bertz CT molecular complexity index is 858. The molecule has 0 aliphatic carbocycles. The van der Waals surface area contributed by atoms with Crippen LogP contribution >= 0.6 is 15.9 Å². The lowest BCUT2D eigenvalue weighted by Gasteiger charge is -2.34. The number of halogens is 2. The van der Waals surface area contributed by atoms with Crippen LogP contribution in [-0.2, 0) is 4.74 Å². The molecule has 0 radical (unpaired) electrons. The largest absolute Gasteiger partial charge is 0.444 e. The Morgan fingerprint density at radius 1 is 1.39 bits per heavy atom. The maximum atomic E-state index is 14.1. The van der Waals surface area contributed by atoms with Crippen LogP contribution in [0.1, 0.15) is 33.6 Å². The van der Waals surface area contributed by atoms with Crippen molar-refractivity contribution < 1.29 is 13.9 Å². The highest BCUT2D eigenvalue weighted by atomic mass is 79.9. The minimum absolute atomic E-state index is 0.0120. The maximum absolute atomic E-state index is 14.1. The fourth-order valence-corrected chi connectivity index (χ4v) is 3.28. The summed E-state index contributed by atoms with van der Waals surface area (Å²) in [7, 11) is 0. The van der Waals surface area contributed by atoms with Gasteiger partial charge in [0, 0.05) is 36.0 Å². The lowest BCUT2D eigenvalue weighted by molar-refractivity contribution is 0.0206. The van der Waals surface area contributed by atoms with Crippen LogP contribution in [0.15, 0.2) is 29.0 Å². The molecule has 1 atom stereocenters. The summed E-state index contributed by atoms with van der Waals surface area (Å²) in [6.45, 7) is 6.69. The van der Waals surface area contributed by atoms with Crippen LogP contribution < -0.4 is 5.32 Å². The van der Waals surface area contributed by atoms with Crippen molar-refractivity contribution in [3.05, 3.63) is 34.9 Å². The topological polar surface area (TPSA) is 80.2 Å². The molecule has 1 unspecified atom stereocenters. The van der Waals surface area contributed by atoms with Crippen molar-refractivity contribution in [1.29, 1.82) is 0 Å². The predicted molar refractivity (Wildman–Crippen MR) is 107 cm³/mol. The molecular weight excluding hydrogens is 429 g/mol. The molecule has 2 aromatic rings. The van der Waals surface area contributed by atoms with Crippen molar-refractivity contribution >= 4 is 28.0 Å². The molecule has 1 saturated heterocycles. The molecule has 150 valence electrons. The van der Waals surface area contributed by atoms with Gasteiger partial charge in [-0.2, -0.15) is 4.39 Å². The quantitative estimate of drug-likeness (QED) is 0.702. The number of rotatable bonds is 3. The molecule has 0 saturated carbocycles. The molecule has 3 rings (SSSR count). The van der Waals surface area contributed by atoms with E-state index in [-0.39, 0.29) is 12.1 Å². The minimum Gasteiger partial charge on any atom is -0.444 e. The molecule has 1 fully saturated rings. The van der Waals surface area contributed by atoms with E-state index in [1.807, 2.05) is 20.8 Å². The zero-order valence-electron chi connectivity index (χ0n) is 16.1.